The van der Waals surface area contributed by atoms with Gasteiger partial charge in [-0.25, -0.2) is 0 Å². The first-order chi connectivity index (χ1) is 13.5. The Morgan fingerprint density at radius 3 is 2.50 bits per heavy atom. The lowest BCUT2D eigenvalue weighted by atomic mass is 10.2. The zero-order chi connectivity index (χ0) is 19.9. The van der Waals surface area contributed by atoms with E-state index in [9.17, 15) is 9.59 Å². The summed E-state index contributed by atoms with van der Waals surface area (Å²) in [4.78, 5) is 28.7. The van der Waals surface area contributed by atoms with Gasteiger partial charge in [0.25, 0.3) is 0 Å². The summed E-state index contributed by atoms with van der Waals surface area (Å²) >= 11 is 1.31. The number of anilines is 1. The molecular weight excluding hydrogens is 374 g/mol. The second kappa shape index (κ2) is 9.41. The second-order valence-electron chi connectivity index (χ2n) is 6.83. The average molecular weight is 398 g/mol. The number of amides is 2. The summed E-state index contributed by atoms with van der Waals surface area (Å²) in [5.74, 6) is 1.46. The lowest BCUT2D eigenvalue weighted by molar-refractivity contribution is -0.122. The minimum Gasteiger partial charge on any atom is -0.457 e. The van der Waals surface area contributed by atoms with E-state index in [-0.39, 0.29) is 18.2 Å². The van der Waals surface area contributed by atoms with Crippen LogP contribution in [-0.4, -0.2) is 28.8 Å². The fraction of sp³-hybridized carbons (Fsp3) is 0.286. The van der Waals surface area contributed by atoms with Crippen molar-refractivity contribution >= 4 is 34.4 Å². The van der Waals surface area contributed by atoms with Gasteiger partial charge in [-0.05, 0) is 42.3 Å². The molecule has 7 heteroatoms. The zero-order valence-electron chi connectivity index (χ0n) is 15.8. The molecule has 0 radical (unpaired) electrons. The van der Waals surface area contributed by atoms with Gasteiger partial charge >= 0.3 is 0 Å². The number of para-hydroxylation sites is 1. The SMILES string of the molecule is CC(C)CN=C1NC(=O)C(CC(=O)Nc2ccc(Oc3ccccc3)cc2)S1. The Hall–Kier alpha value is -2.80. The standard InChI is InChI=1S/C21H23N3O3S/c1-14(2)13-22-21-24-20(26)18(28-21)12-19(25)23-15-8-10-17(11-9-15)27-16-6-4-3-5-7-16/h3-11,14,18H,12-13H2,1-2H3,(H,23,25)(H,22,24,26). The largest absolute Gasteiger partial charge is 0.457 e. The van der Waals surface area contributed by atoms with Crippen LogP contribution in [0.5, 0.6) is 11.5 Å². The second-order valence-corrected chi connectivity index (χ2v) is 8.02. The Bertz CT molecular complexity index is 851. The van der Waals surface area contributed by atoms with Gasteiger partial charge in [0.15, 0.2) is 5.17 Å². The van der Waals surface area contributed by atoms with Crippen molar-refractivity contribution in [2.45, 2.75) is 25.5 Å². The summed E-state index contributed by atoms with van der Waals surface area (Å²) in [6.07, 6.45) is 0.0967. The highest BCUT2D eigenvalue weighted by atomic mass is 32.2. The molecule has 2 amide bonds. The molecule has 2 aromatic rings. The van der Waals surface area contributed by atoms with E-state index < -0.39 is 5.25 Å². The Labute approximate surface area is 168 Å². The molecule has 1 fully saturated rings. The number of aliphatic imine (C=N–C) groups is 1. The number of nitrogens with one attached hydrogen (secondary N) is 2. The number of carbonyl (C=O) groups excluding carboxylic acids is 2. The molecule has 3 rings (SSSR count). The van der Waals surface area contributed by atoms with Crippen LogP contribution in [0, 0.1) is 5.92 Å². The van der Waals surface area contributed by atoms with Gasteiger partial charge < -0.3 is 15.4 Å². The van der Waals surface area contributed by atoms with Crippen molar-refractivity contribution in [3.63, 3.8) is 0 Å². The van der Waals surface area contributed by atoms with Crippen LogP contribution in [0.15, 0.2) is 59.6 Å². The number of ether oxygens (including phenoxy) is 1. The number of amidine groups is 1. The van der Waals surface area contributed by atoms with Crippen molar-refractivity contribution in [2.24, 2.45) is 10.9 Å². The van der Waals surface area contributed by atoms with Gasteiger partial charge in [0.2, 0.25) is 11.8 Å². The Balaban J connectivity index is 1.51. The van der Waals surface area contributed by atoms with Crippen LogP contribution >= 0.6 is 11.8 Å². The number of rotatable bonds is 7. The van der Waals surface area contributed by atoms with Gasteiger partial charge in [0.05, 0.1) is 0 Å². The molecule has 28 heavy (non-hydrogen) atoms. The first kappa shape index (κ1) is 19.9. The fourth-order valence-electron chi connectivity index (χ4n) is 2.49. The summed E-state index contributed by atoms with van der Waals surface area (Å²) in [6.45, 7) is 4.78. The molecule has 6 nitrogen and oxygen atoms in total. The van der Waals surface area contributed by atoms with Crippen molar-refractivity contribution in [1.82, 2.24) is 5.32 Å². The number of thioether (sulfide) groups is 1. The summed E-state index contributed by atoms with van der Waals surface area (Å²) in [7, 11) is 0. The summed E-state index contributed by atoms with van der Waals surface area (Å²) in [5.41, 5.74) is 0.655. The minimum absolute atomic E-state index is 0.0967. The van der Waals surface area contributed by atoms with Gasteiger partial charge in [-0.15, -0.1) is 0 Å². The molecule has 0 bridgehead atoms. The van der Waals surface area contributed by atoms with Crippen molar-refractivity contribution < 1.29 is 14.3 Å². The van der Waals surface area contributed by atoms with Crippen molar-refractivity contribution in [2.75, 3.05) is 11.9 Å². The molecule has 1 saturated heterocycles. The van der Waals surface area contributed by atoms with Crippen LogP contribution < -0.4 is 15.4 Å². The fourth-order valence-corrected chi connectivity index (χ4v) is 3.47. The molecule has 1 aliphatic heterocycles. The molecule has 0 saturated carbocycles. The number of nitrogens with zero attached hydrogens (tertiary/aromatic N) is 1. The van der Waals surface area contributed by atoms with Crippen LogP contribution in [0.4, 0.5) is 5.69 Å². The van der Waals surface area contributed by atoms with E-state index >= 15 is 0 Å². The lowest BCUT2D eigenvalue weighted by Crippen LogP contribution is -2.28. The van der Waals surface area contributed by atoms with Crippen molar-refractivity contribution in [3.05, 3.63) is 54.6 Å². The van der Waals surface area contributed by atoms with Crippen molar-refractivity contribution in [3.8, 4) is 11.5 Å². The normalized spacial score (nSPS) is 17.6. The monoisotopic (exact) mass is 397 g/mol. The predicted molar refractivity (Wildman–Crippen MR) is 113 cm³/mol. The maximum absolute atomic E-state index is 12.3. The third-order valence-electron chi connectivity index (χ3n) is 3.86. The molecule has 1 aliphatic rings. The first-order valence-electron chi connectivity index (χ1n) is 9.14. The molecule has 0 aliphatic carbocycles. The molecule has 2 N–H and O–H groups in total. The molecule has 1 atom stereocenters. The van der Waals surface area contributed by atoms with E-state index in [4.69, 9.17) is 4.74 Å². The smallest absolute Gasteiger partial charge is 0.240 e. The van der Waals surface area contributed by atoms with Gasteiger partial charge in [-0.3, -0.25) is 14.6 Å². The lowest BCUT2D eigenvalue weighted by Gasteiger charge is -2.09. The molecular formula is C21H23N3O3S. The Morgan fingerprint density at radius 1 is 1.14 bits per heavy atom. The summed E-state index contributed by atoms with van der Waals surface area (Å²) in [6, 6.07) is 16.6. The Kier molecular flexibility index (Phi) is 6.71. The van der Waals surface area contributed by atoms with Gasteiger partial charge in [-0.2, -0.15) is 0 Å². The highest BCUT2D eigenvalue weighted by Crippen LogP contribution is 2.25. The van der Waals surface area contributed by atoms with E-state index in [1.807, 2.05) is 30.3 Å². The van der Waals surface area contributed by atoms with Gasteiger partial charge in [0, 0.05) is 18.7 Å². The number of carbonyl (C=O) groups is 2. The molecule has 0 aromatic heterocycles. The van der Waals surface area contributed by atoms with Gasteiger partial charge in [-0.1, -0.05) is 43.8 Å². The molecule has 0 spiro atoms. The minimum atomic E-state index is -0.452. The Morgan fingerprint density at radius 2 is 1.82 bits per heavy atom. The highest BCUT2D eigenvalue weighted by Gasteiger charge is 2.31. The van der Waals surface area contributed by atoms with E-state index in [1.54, 1.807) is 24.3 Å². The summed E-state index contributed by atoms with van der Waals surface area (Å²) < 4.78 is 5.73. The van der Waals surface area contributed by atoms with Crippen LogP contribution in [0.25, 0.3) is 0 Å². The maximum Gasteiger partial charge on any atom is 0.240 e. The third kappa shape index (κ3) is 5.85. The summed E-state index contributed by atoms with van der Waals surface area (Å²) in [5, 5.41) is 5.70. The van der Waals surface area contributed by atoms with Crippen LogP contribution in [0.2, 0.25) is 0 Å². The number of hydrogen-bond acceptors (Lipinski definition) is 5. The predicted octanol–water partition coefficient (Wildman–Crippen LogP) is 4.05. The first-order valence-corrected chi connectivity index (χ1v) is 10.0. The quantitative estimate of drug-likeness (QED) is 0.739. The maximum atomic E-state index is 12.3. The van der Waals surface area contributed by atoms with E-state index in [2.05, 4.69) is 29.5 Å². The van der Waals surface area contributed by atoms with Crippen molar-refractivity contribution in [1.29, 1.82) is 0 Å². The van der Waals surface area contributed by atoms with E-state index in [0.29, 0.717) is 29.1 Å². The number of hydrogen-bond donors (Lipinski definition) is 2. The number of benzene rings is 2. The third-order valence-corrected chi connectivity index (χ3v) is 4.98. The van der Waals surface area contributed by atoms with Crippen LogP contribution in [0.3, 0.4) is 0 Å². The topological polar surface area (TPSA) is 79.8 Å². The molecule has 1 heterocycles. The van der Waals surface area contributed by atoms with E-state index in [0.717, 1.165) is 5.75 Å². The average Bonchev–Trinajstić information content (AvgIpc) is 3.02. The van der Waals surface area contributed by atoms with E-state index in [1.165, 1.54) is 11.8 Å². The van der Waals surface area contributed by atoms with Crippen LogP contribution in [0.1, 0.15) is 20.3 Å². The molecule has 146 valence electrons. The van der Waals surface area contributed by atoms with Crippen LogP contribution in [-0.2, 0) is 9.59 Å². The molecule has 1 unspecified atom stereocenters. The zero-order valence-corrected chi connectivity index (χ0v) is 16.7. The highest BCUT2D eigenvalue weighted by molar-refractivity contribution is 8.15. The molecule has 2 aromatic carbocycles. The van der Waals surface area contributed by atoms with Gasteiger partial charge in [0.1, 0.15) is 16.7 Å².